The first-order chi connectivity index (χ1) is 18.4. The molecule has 2 N–H and O–H groups in total. The van der Waals surface area contributed by atoms with Crippen LogP contribution in [0, 0.1) is 12.8 Å². The van der Waals surface area contributed by atoms with E-state index >= 15 is 0 Å². The lowest BCUT2D eigenvalue weighted by Crippen LogP contribution is -2.54. The van der Waals surface area contributed by atoms with Crippen LogP contribution in [0.5, 0.6) is 0 Å². The molecule has 4 aliphatic rings. The highest BCUT2D eigenvalue weighted by molar-refractivity contribution is 6.23. The zero-order chi connectivity index (χ0) is 26.1. The van der Waals surface area contributed by atoms with Crippen LogP contribution in [-0.4, -0.2) is 55.9 Å². The molecule has 3 aromatic rings. The van der Waals surface area contributed by atoms with Gasteiger partial charge >= 0.3 is 0 Å². The Balaban J connectivity index is 1.01. The number of carbonyl (C=O) groups is 4. The van der Waals surface area contributed by atoms with E-state index in [2.05, 4.69) is 33.3 Å². The number of nitrogens with one attached hydrogen (secondary N) is 2. The van der Waals surface area contributed by atoms with Crippen molar-refractivity contribution in [2.75, 3.05) is 11.9 Å². The van der Waals surface area contributed by atoms with E-state index < -0.39 is 23.8 Å². The van der Waals surface area contributed by atoms with Gasteiger partial charge in [0.2, 0.25) is 11.8 Å². The minimum absolute atomic E-state index is 0.102. The molecule has 7 rings (SSSR count). The van der Waals surface area contributed by atoms with E-state index in [4.69, 9.17) is 5.10 Å². The summed E-state index contributed by atoms with van der Waals surface area (Å²) in [6.07, 6.45) is 6.52. The lowest BCUT2D eigenvalue weighted by molar-refractivity contribution is -0.136. The quantitative estimate of drug-likeness (QED) is 0.486. The van der Waals surface area contributed by atoms with Crippen molar-refractivity contribution < 1.29 is 19.2 Å². The van der Waals surface area contributed by atoms with Crippen LogP contribution in [-0.2, 0) is 9.59 Å². The highest BCUT2D eigenvalue weighted by atomic mass is 16.2. The first-order valence-corrected chi connectivity index (χ1v) is 13.3. The van der Waals surface area contributed by atoms with Crippen molar-refractivity contribution in [1.29, 1.82) is 0 Å². The Hall–Kier alpha value is -4.08. The number of imide groups is 2. The predicted octanol–water partition coefficient (Wildman–Crippen LogP) is 3.08. The molecule has 4 amide bonds. The monoisotopic (exact) mass is 512 g/mol. The van der Waals surface area contributed by atoms with Gasteiger partial charge in [-0.2, -0.15) is 5.10 Å². The summed E-state index contributed by atoms with van der Waals surface area (Å²) in [6.45, 7) is 2.88. The minimum Gasteiger partial charge on any atom is -0.385 e. The first-order valence-electron chi connectivity index (χ1n) is 13.3. The number of hydrogen-bond donors (Lipinski definition) is 2. The Morgan fingerprint density at radius 3 is 2.58 bits per heavy atom. The SMILES string of the molecule is Cc1ccnc2c1c(C1CC1)nn2[C@H]1C[C@H](CNc2ccc3c(c2)C(=O)N(C2CCC(=O)NC2=O)C3=O)C1. The zero-order valence-electron chi connectivity index (χ0n) is 21.1. The van der Waals surface area contributed by atoms with Crippen LogP contribution >= 0.6 is 0 Å². The average Bonchev–Trinajstić information content (AvgIpc) is 3.60. The maximum atomic E-state index is 13.1. The summed E-state index contributed by atoms with van der Waals surface area (Å²) in [5, 5.41) is 11.9. The molecular weight excluding hydrogens is 484 g/mol. The molecule has 0 spiro atoms. The lowest BCUT2D eigenvalue weighted by atomic mass is 9.80. The molecule has 4 heterocycles. The molecule has 1 saturated heterocycles. The topological polar surface area (TPSA) is 126 Å². The number of amides is 4. The Morgan fingerprint density at radius 2 is 1.82 bits per heavy atom. The van der Waals surface area contributed by atoms with Gasteiger partial charge in [0.05, 0.1) is 22.9 Å². The molecule has 38 heavy (non-hydrogen) atoms. The number of anilines is 1. The van der Waals surface area contributed by atoms with Gasteiger partial charge in [-0.15, -0.1) is 0 Å². The summed E-state index contributed by atoms with van der Waals surface area (Å²) in [5.41, 5.74) is 4.77. The molecule has 1 atom stereocenters. The van der Waals surface area contributed by atoms with Crippen LogP contribution < -0.4 is 10.6 Å². The van der Waals surface area contributed by atoms with E-state index in [1.165, 1.54) is 29.5 Å². The number of hydrogen-bond acceptors (Lipinski definition) is 7. The molecule has 0 radical (unpaired) electrons. The second-order valence-electron chi connectivity index (χ2n) is 11.0. The third-order valence-electron chi connectivity index (χ3n) is 8.38. The van der Waals surface area contributed by atoms with Crippen LogP contribution in [0.15, 0.2) is 30.5 Å². The predicted molar refractivity (Wildman–Crippen MR) is 138 cm³/mol. The van der Waals surface area contributed by atoms with Gasteiger partial charge in [0.1, 0.15) is 6.04 Å². The van der Waals surface area contributed by atoms with Crippen molar-refractivity contribution in [3.63, 3.8) is 0 Å². The molecule has 10 heteroatoms. The second kappa shape index (κ2) is 8.47. The van der Waals surface area contributed by atoms with Gasteiger partial charge in [0, 0.05) is 36.2 Å². The molecule has 1 aromatic carbocycles. The minimum atomic E-state index is -0.958. The Labute approximate surface area is 218 Å². The molecule has 0 bridgehead atoms. The molecule has 2 aliphatic carbocycles. The number of carbonyl (C=O) groups excluding carboxylic acids is 4. The van der Waals surface area contributed by atoms with Gasteiger partial charge in [0.15, 0.2) is 5.65 Å². The fraction of sp³-hybridized carbons (Fsp3) is 0.429. The van der Waals surface area contributed by atoms with E-state index in [-0.39, 0.29) is 29.9 Å². The molecule has 2 saturated carbocycles. The third kappa shape index (κ3) is 3.61. The number of fused-ring (bicyclic) bond motifs is 2. The summed E-state index contributed by atoms with van der Waals surface area (Å²) in [7, 11) is 0. The summed E-state index contributed by atoms with van der Waals surface area (Å²) < 4.78 is 2.13. The summed E-state index contributed by atoms with van der Waals surface area (Å²) >= 11 is 0. The van der Waals surface area contributed by atoms with Crippen LogP contribution in [0.1, 0.15) is 82.5 Å². The highest BCUT2D eigenvalue weighted by Crippen LogP contribution is 2.45. The zero-order valence-corrected chi connectivity index (χ0v) is 21.1. The van der Waals surface area contributed by atoms with Crippen molar-refractivity contribution in [2.24, 2.45) is 5.92 Å². The molecule has 2 aromatic heterocycles. The second-order valence-corrected chi connectivity index (χ2v) is 11.0. The van der Waals surface area contributed by atoms with Crippen molar-refractivity contribution in [2.45, 2.75) is 63.5 Å². The molecule has 3 fully saturated rings. The van der Waals surface area contributed by atoms with E-state index in [1.54, 1.807) is 18.2 Å². The van der Waals surface area contributed by atoms with Crippen LogP contribution in [0.4, 0.5) is 5.69 Å². The first kappa shape index (κ1) is 23.1. The third-order valence-corrected chi connectivity index (χ3v) is 8.38. The molecule has 2 aliphatic heterocycles. The maximum Gasteiger partial charge on any atom is 0.262 e. The van der Waals surface area contributed by atoms with Crippen molar-refractivity contribution in [3.8, 4) is 0 Å². The smallest absolute Gasteiger partial charge is 0.262 e. The number of aromatic nitrogens is 3. The number of benzene rings is 1. The van der Waals surface area contributed by atoms with E-state index in [0.717, 1.165) is 35.6 Å². The maximum absolute atomic E-state index is 13.1. The van der Waals surface area contributed by atoms with Gasteiger partial charge in [-0.05, 0) is 74.8 Å². The highest BCUT2D eigenvalue weighted by Gasteiger charge is 2.44. The average molecular weight is 513 g/mol. The molecule has 1 unspecified atom stereocenters. The van der Waals surface area contributed by atoms with Crippen molar-refractivity contribution in [1.82, 2.24) is 25.0 Å². The summed E-state index contributed by atoms with van der Waals surface area (Å²) in [5.74, 6) is -0.949. The van der Waals surface area contributed by atoms with Crippen LogP contribution in [0.25, 0.3) is 11.0 Å². The Bertz CT molecular complexity index is 1530. The summed E-state index contributed by atoms with van der Waals surface area (Å²) in [4.78, 5) is 55.4. The van der Waals surface area contributed by atoms with Crippen LogP contribution in [0.3, 0.4) is 0 Å². The number of aryl methyl sites for hydroxylation is 1. The standard InChI is InChI=1S/C28H28N6O4/c1-14-8-9-29-25-23(14)24(16-2-3-16)32-34(25)18-10-15(11-18)13-30-17-4-5-19-20(12-17)28(38)33(27(19)37)21-6-7-22(35)31-26(21)36/h4-5,8-9,12,15-16,18,21,30H,2-3,6-7,10-11,13H2,1H3,(H,31,35,36)/t15-,18-,21?. The molecular formula is C28H28N6O4. The van der Waals surface area contributed by atoms with Gasteiger partial charge in [0.25, 0.3) is 11.8 Å². The summed E-state index contributed by atoms with van der Waals surface area (Å²) in [6, 6.07) is 6.55. The fourth-order valence-corrected chi connectivity index (χ4v) is 6.05. The lowest BCUT2D eigenvalue weighted by Gasteiger charge is -2.35. The van der Waals surface area contributed by atoms with Crippen molar-refractivity contribution >= 4 is 40.3 Å². The Morgan fingerprint density at radius 1 is 1.03 bits per heavy atom. The van der Waals surface area contributed by atoms with E-state index in [0.29, 0.717) is 17.9 Å². The number of rotatable bonds is 6. The molecule has 10 nitrogen and oxygen atoms in total. The number of nitrogens with zero attached hydrogens (tertiary/aromatic N) is 4. The fourth-order valence-electron chi connectivity index (χ4n) is 6.05. The van der Waals surface area contributed by atoms with E-state index in [9.17, 15) is 19.2 Å². The number of pyridine rings is 1. The largest absolute Gasteiger partial charge is 0.385 e. The van der Waals surface area contributed by atoms with Gasteiger partial charge in [-0.3, -0.25) is 29.4 Å². The normalized spacial score (nSPS) is 25.0. The Kier molecular flexibility index (Phi) is 5.14. The van der Waals surface area contributed by atoms with E-state index in [1.807, 2.05) is 6.20 Å². The number of piperidine rings is 1. The van der Waals surface area contributed by atoms with Gasteiger partial charge < -0.3 is 5.32 Å². The van der Waals surface area contributed by atoms with Crippen LogP contribution in [0.2, 0.25) is 0 Å². The van der Waals surface area contributed by atoms with Crippen molar-refractivity contribution in [3.05, 3.63) is 52.8 Å². The van der Waals surface area contributed by atoms with Gasteiger partial charge in [-0.1, -0.05) is 0 Å². The van der Waals surface area contributed by atoms with Gasteiger partial charge in [-0.25, -0.2) is 9.67 Å². The molecule has 194 valence electrons.